The monoisotopic (exact) mass is 729 g/mol. The van der Waals surface area contributed by atoms with Gasteiger partial charge in [-0.3, -0.25) is 19.1 Å². The first-order valence-electron chi connectivity index (χ1n) is 17.4. The van der Waals surface area contributed by atoms with Gasteiger partial charge < -0.3 is 30.1 Å². The number of ether oxygens (including phenoxy) is 2. The first-order valence-corrected chi connectivity index (χ1v) is 18.9. The second-order valence-corrected chi connectivity index (χ2v) is 16.2. The van der Waals surface area contributed by atoms with Gasteiger partial charge in [0.1, 0.15) is 23.7 Å². The number of hydrogen-bond acceptors (Lipinski definition) is 9. The van der Waals surface area contributed by atoms with Gasteiger partial charge in [0.05, 0.1) is 18.9 Å². The second kappa shape index (κ2) is 14.3. The van der Waals surface area contributed by atoms with Crippen molar-refractivity contribution >= 4 is 44.6 Å². The lowest BCUT2D eigenvalue weighted by atomic mass is 9.85. The van der Waals surface area contributed by atoms with Crippen molar-refractivity contribution in [3.05, 3.63) is 42.4 Å². The molecule has 2 aliphatic carbocycles. The third-order valence-corrected chi connectivity index (χ3v) is 12.4. The van der Waals surface area contributed by atoms with Crippen molar-refractivity contribution in [2.75, 3.05) is 13.7 Å². The lowest BCUT2D eigenvalue weighted by Crippen LogP contribution is -2.59. The smallest absolute Gasteiger partial charge is 0.405 e. The molecule has 4 N–H and O–H groups in total. The molecular weight excluding hydrogens is 685 g/mol. The highest BCUT2D eigenvalue weighted by molar-refractivity contribution is 7.91. The molecule has 2 aromatic rings. The molecule has 6 rings (SSSR count). The number of allylic oxidation sites excluding steroid dienone is 1. The molecule has 4 amide bonds. The van der Waals surface area contributed by atoms with Crippen LogP contribution in [0.3, 0.4) is 0 Å². The minimum Gasteiger partial charge on any atom is -0.494 e. The van der Waals surface area contributed by atoms with E-state index in [0.29, 0.717) is 42.9 Å². The van der Waals surface area contributed by atoms with Crippen molar-refractivity contribution in [1.82, 2.24) is 25.2 Å². The SMILES string of the molecule is CC[C@@H]1C[C@@H](C)CCC=C[C@@H]2C[C@@]2(C(=O)NS(=O)(=O)C2CC2)NC(=O)[C@@H]2C[C@@H](Oc3nccc4cc(OC)c(F)cc34)CN2C(=O)[C@H]1NC(=O)O. The highest BCUT2D eigenvalue weighted by atomic mass is 32.2. The Hall–Kier alpha value is -4.47. The Labute approximate surface area is 295 Å². The number of carboxylic acid groups (broad SMARTS) is 1. The van der Waals surface area contributed by atoms with Crippen LogP contribution >= 0.6 is 0 Å². The van der Waals surface area contributed by atoms with Crippen LogP contribution in [0.1, 0.15) is 65.2 Å². The maximum Gasteiger partial charge on any atom is 0.405 e. The van der Waals surface area contributed by atoms with Crippen molar-refractivity contribution in [2.45, 2.75) is 94.2 Å². The largest absolute Gasteiger partial charge is 0.494 e. The van der Waals surface area contributed by atoms with Crippen molar-refractivity contribution in [2.24, 2.45) is 17.8 Å². The molecule has 1 aromatic carbocycles. The Bertz CT molecular complexity index is 1850. The van der Waals surface area contributed by atoms with Crippen LogP contribution in [0.4, 0.5) is 9.18 Å². The molecule has 0 spiro atoms. The molecule has 14 nitrogen and oxygen atoms in total. The van der Waals surface area contributed by atoms with Crippen LogP contribution in [-0.4, -0.2) is 89.9 Å². The van der Waals surface area contributed by atoms with E-state index in [1.54, 1.807) is 6.07 Å². The number of methoxy groups -OCH3 is 1. The molecule has 0 radical (unpaired) electrons. The standard InChI is InChI=1S/C35H44FN5O9S/c1-4-20-13-19(2)7-5-6-8-22-17-35(22,33(44)40-51(47,48)24-9-10-24)39-30(42)27-15-23(18-41(27)32(43)29(20)38-34(45)46)50-31-25-16-26(36)28(49-3)14-21(25)11-12-37-31/h6,8,11-12,14,16,19-20,22-24,27,29,38H,4-5,7,9-10,13,15,17-18H2,1-3H3,(H,39,42)(H,40,44)(H,45,46)/t19-,20+,22+,23+,27-,29-,35+/m0/s1. The van der Waals surface area contributed by atoms with Crippen LogP contribution in [0.15, 0.2) is 36.5 Å². The van der Waals surface area contributed by atoms with Gasteiger partial charge in [0, 0.05) is 23.9 Å². The molecule has 2 aliphatic heterocycles. The maximum atomic E-state index is 14.8. The fraction of sp³-hybridized carbons (Fsp3) is 0.571. The van der Waals surface area contributed by atoms with E-state index in [1.165, 1.54) is 30.3 Å². The van der Waals surface area contributed by atoms with E-state index in [4.69, 9.17) is 9.47 Å². The molecule has 1 saturated heterocycles. The minimum atomic E-state index is -3.93. The Balaban J connectivity index is 1.35. The van der Waals surface area contributed by atoms with Gasteiger partial charge in [-0.1, -0.05) is 32.4 Å². The van der Waals surface area contributed by atoms with Crippen LogP contribution in [0.2, 0.25) is 0 Å². The number of halogens is 1. The number of benzene rings is 1. The highest BCUT2D eigenvalue weighted by Crippen LogP contribution is 2.46. The number of sulfonamides is 1. The van der Waals surface area contributed by atoms with Crippen molar-refractivity contribution in [1.29, 1.82) is 0 Å². The molecule has 51 heavy (non-hydrogen) atoms. The molecule has 3 fully saturated rings. The molecular formula is C35H44FN5O9S. The summed E-state index contributed by atoms with van der Waals surface area (Å²) in [5.74, 6) is -3.50. The van der Waals surface area contributed by atoms with Gasteiger partial charge in [-0.25, -0.2) is 22.6 Å². The predicted octanol–water partition coefficient (Wildman–Crippen LogP) is 3.25. The summed E-state index contributed by atoms with van der Waals surface area (Å²) in [6.07, 6.45) is 6.34. The molecule has 0 unspecified atom stereocenters. The number of fused-ring (bicyclic) bond motifs is 3. The summed E-state index contributed by atoms with van der Waals surface area (Å²) >= 11 is 0. The first kappa shape index (κ1) is 36.3. The van der Waals surface area contributed by atoms with Crippen LogP contribution < -0.4 is 24.8 Å². The van der Waals surface area contributed by atoms with Gasteiger partial charge in [0.15, 0.2) is 11.6 Å². The van der Waals surface area contributed by atoms with Crippen molar-refractivity contribution < 1.29 is 46.6 Å². The zero-order valence-electron chi connectivity index (χ0n) is 28.8. The van der Waals surface area contributed by atoms with E-state index in [-0.39, 0.29) is 36.9 Å². The maximum absolute atomic E-state index is 14.8. The summed E-state index contributed by atoms with van der Waals surface area (Å²) in [7, 11) is -2.58. The summed E-state index contributed by atoms with van der Waals surface area (Å²) < 4.78 is 53.9. The molecule has 4 aliphatic rings. The number of aromatic nitrogens is 1. The Morgan fingerprint density at radius 2 is 1.96 bits per heavy atom. The molecule has 2 saturated carbocycles. The Morgan fingerprint density at radius 3 is 2.65 bits per heavy atom. The average molecular weight is 730 g/mol. The zero-order valence-corrected chi connectivity index (χ0v) is 29.6. The third-order valence-electron chi connectivity index (χ3n) is 10.5. The third kappa shape index (κ3) is 7.60. The fourth-order valence-corrected chi connectivity index (χ4v) is 8.77. The van der Waals surface area contributed by atoms with E-state index < -0.39 is 80.5 Å². The number of pyridine rings is 1. The second-order valence-electron chi connectivity index (χ2n) is 14.2. The minimum absolute atomic E-state index is 0.0292. The Morgan fingerprint density at radius 1 is 1.20 bits per heavy atom. The van der Waals surface area contributed by atoms with Crippen LogP contribution in [0, 0.1) is 23.6 Å². The van der Waals surface area contributed by atoms with Gasteiger partial charge in [-0.15, -0.1) is 0 Å². The van der Waals surface area contributed by atoms with Crippen molar-refractivity contribution in [3.63, 3.8) is 0 Å². The number of nitrogens with zero attached hydrogens (tertiary/aromatic N) is 2. The molecule has 16 heteroatoms. The molecule has 1 aromatic heterocycles. The number of carbonyl (C=O) groups is 4. The van der Waals surface area contributed by atoms with Gasteiger partial charge in [0.25, 0.3) is 5.91 Å². The van der Waals surface area contributed by atoms with E-state index in [1.807, 2.05) is 26.0 Å². The van der Waals surface area contributed by atoms with E-state index in [9.17, 15) is 37.1 Å². The Kier molecular flexibility index (Phi) is 10.2. The lowest BCUT2D eigenvalue weighted by Gasteiger charge is -2.33. The first-order chi connectivity index (χ1) is 24.3. The summed E-state index contributed by atoms with van der Waals surface area (Å²) in [6.45, 7) is 3.76. The van der Waals surface area contributed by atoms with E-state index in [2.05, 4.69) is 20.3 Å². The number of rotatable bonds is 8. The van der Waals surface area contributed by atoms with Crippen LogP contribution in [0.25, 0.3) is 10.8 Å². The summed E-state index contributed by atoms with van der Waals surface area (Å²) in [4.78, 5) is 59.9. The fourth-order valence-electron chi connectivity index (χ4n) is 7.40. The van der Waals surface area contributed by atoms with Crippen molar-refractivity contribution in [3.8, 4) is 11.6 Å². The molecule has 3 heterocycles. The highest BCUT2D eigenvalue weighted by Gasteiger charge is 2.62. The van der Waals surface area contributed by atoms with Crippen LogP contribution in [0.5, 0.6) is 11.6 Å². The van der Waals surface area contributed by atoms with Gasteiger partial charge in [0.2, 0.25) is 27.7 Å². The normalized spacial score (nSPS) is 29.9. The number of hydrogen-bond donors (Lipinski definition) is 4. The van der Waals surface area contributed by atoms with Gasteiger partial charge >= 0.3 is 6.09 Å². The van der Waals surface area contributed by atoms with E-state index in [0.717, 1.165) is 6.42 Å². The van der Waals surface area contributed by atoms with Gasteiger partial charge in [-0.2, -0.15) is 0 Å². The predicted molar refractivity (Wildman–Crippen MR) is 183 cm³/mol. The summed E-state index contributed by atoms with van der Waals surface area (Å²) in [5, 5.41) is 15.3. The van der Waals surface area contributed by atoms with E-state index >= 15 is 0 Å². The number of carbonyl (C=O) groups excluding carboxylic acids is 3. The lowest BCUT2D eigenvalue weighted by molar-refractivity contribution is -0.142. The zero-order chi connectivity index (χ0) is 36.7. The van der Waals surface area contributed by atoms with Crippen LogP contribution in [-0.2, 0) is 24.4 Å². The molecule has 7 atom stereocenters. The number of nitrogens with one attached hydrogen (secondary N) is 3. The summed E-state index contributed by atoms with van der Waals surface area (Å²) in [6, 6.07) is 1.97. The molecule has 276 valence electrons. The molecule has 0 bridgehead atoms. The average Bonchev–Trinajstić information content (AvgIpc) is 4.01. The van der Waals surface area contributed by atoms with Gasteiger partial charge in [-0.05, 0) is 73.9 Å². The topological polar surface area (TPSA) is 193 Å². The summed E-state index contributed by atoms with van der Waals surface area (Å²) in [5.41, 5.74) is -1.56. The quantitative estimate of drug-likeness (QED) is 0.293. The number of amides is 4.